The van der Waals surface area contributed by atoms with Gasteiger partial charge >= 0.3 is 0 Å². The third kappa shape index (κ3) is 4.59. The Morgan fingerprint density at radius 3 is 1.60 bits per heavy atom. The summed E-state index contributed by atoms with van der Waals surface area (Å²) >= 11 is 0. The predicted molar refractivity (Wildman–Crippen MR) is 206 cm³/mol. The number of aromatic nitrogens is 3. The van der Waals surface area contributed by atoms with E-state index < -0.39 is 0 Å². The summed E-state index contributed by atoms with van der Waals surface area (Å²) < 4.78 is 2.43. The first-order chi connectivity index (χ1) is 24.8. The van der Waals surface area contributed by atoms with Crippen LogP contribution in [0.15, 0.2) is 176 Å². The van der Waals surface area contributed by atoms with Crippen molar-refractivity contribution in [2.75, 3.05) is 0 Å². The molecule has 1 aliphatic carbocycles. The lowest BCUT2D eigenvalue weighted by atomic mass is 9.94. The molecule has 6 aromatic carbocycles. The van der Waals surface area contributed by atoms with Crippen LogP contribution in [0.3, 0.4) is 0 Å². The molecule has 3 heterocycles. The monoisotopic (exact) mass is 637 g/mol. The zero-order valence-electron chi connectivity index (χ0n) is 27.3. The fourth-order valence-electron chi connectivity index (χ4n) is 7.84. The van der Waals surface area contributed by atoms with Crippen LogP contribution in [0.5, 0.6) is 0 Å². The normalized spacial score (nSPS) is 11.9. The van der Waals surface area contributed by atoms with Gasteiger partial charge in [0.05, 0.1) is 22.4 Å². The second-order valence-corrected chi connectivity index (χ2v) is 13.0. The van der Waals surface area contributed by atoms with Crippen LogP contribution in [-0.4, -0.2) is 14.5 Å². The molecule has 3 nitrogen and oxygen atoms in total. The zero-order chi connectivity index (χ0) is 33.0. The molecule has 0 radical (unpaired) electrons. The van der Waals surface area contributed by atoms with E-state index in [1.807, 2.05) is 30.6 Å². The van der Waals surface area contributed by atoms with Gasteiger partial charge in [-0.25, -0.2) is 0 Å². The molecule has 234 valence electrons. The van der Waals surface area contributed by atoms with E-state index in [0.717, 1.165) is 28.9 Å². The van der Waals surface area contributed by atoms with Crippen molar-refractivity contribution in [2.24, 2.45) is 0 Å². The van der Waals surface area contributed by atoms with Gasteiger partial charge in [0.2, 0.25) is 0 Å². The second kappa shape index (κ2) is 11.5. The third-order valence-electron chi connectivity index (χ3n) is 10.2. The molecule has 0 atom stereocenters. The number of pyridine rings is 2. The highest BCUT2D eigenvalue weighted by Crippen LogP contribution is 2.43. The summed E-state index contributed by atoms with van der Waals surface area (Å²) in [6.07, 6.45) is 4.67. The number of hydrogen-bond acceptors (Lipinski definition) is 2. The lowest BCUT2D eigenvalue weighted by molar-refractivity contribution is 1.17. The van der Waals surface area contributed by atoms with E-state index in [0.29, 0.717) is 0 Å². The maximum atomic E-state index is 4.67. The van der Waals surface area contributed by atoms with Crippen LogP contribution in [-0.2, 0) is 6.42 Å². The van der Waals surface area contributed by atoms with Crippen molar-refractivity contribution in [3.63, 3.8) is 0 Å². The molecule has 0 aliphatic heterocycles. The number of hydrogen-bond donors (Lipinski definition) is 0. The quantitative estimate of drug-likeness (QED) is 0.188. The Bertz CT molecular complexity index is 2720. The summed E-state index contributed by atoms with van der Waals surface area (Å²) in [4.78, 5) is 9.34. The molecule has 0 bridgehead atoms. The van der Waals surface area contributed by atoms with Crippen LogP contribution in [0, 0.1) is 0 Å². The van der Waals surface area contributed by atoms with Gasteiger partial charge in [-0.05, 0) is 112 Å². The topological polar surface area (TPSA) is 30.7 Å². The van der Waals surface area contributed by atoms with Crippen molar-refractivity contribution >= 4 is 21.8 Å². The molecule has 1 aliphatic rings. The van der Waals surface area contributed by atoms with Gasteiger partial charge in [-0.2, -0.15) is 0 Å². The first-order valence-electron chi connectivity index (χ1n) is 17.1. The van der Waals surface area contributed by atoms with Crippen molar-refractivity contribution in [2.45, 2.75) is 6.42 Å². The minimum absolute atomic E-state index is 0.944. The van der Waals surface area contributed by atoms with Crippen LogP contribution >= 0.6 is 0 Å². The Morgan fingerprint density at radius 2 is 0.920 bits per heavy atom. The summed E-state index contributed by atoms with van der Waals surface area (Å²) in [5, 5.41) is 2.48. The molecule has 0 unspecified atom stereocenters. The number of benzene rings is 6. The Labute approximate surface area is 290 Å². The molecule has 0 saturated carbocycles. The van der Waals surface area contributed by atoms with Crippen molar-refractivity contribution in [1.82, 2.24) is 14.5 Å². The molecule has 0 amide bonds. The summed E-state index contributed by atoms with van der Waals surface area (Å²) in [5.74, 6) is 0. The van der Waals surface area contributed by atoms with E-state index in [9.17, 15) is 0 Å². The van der Waals surface area contributed by atoms with Crippen LogP contribution in [0.25, 0.3) is 83.4 Å². The van der Waals surface area contributed by atoms with Gasteiger partial charge in [0, 0.05) is 40.0 Å². The fourth-order valence-corrected chi connectivity index (χ4v) is 7.84. The van der Waals surface area contributed by atoms with Gasteiger partial charge in [0.1, 0.15) is 0 Å². The molecule has 9 aromatic rings. The average Bonchev–Trinajstić information content (AvgIpc) is 3.73. The Morgan fingerprint density at radius 1 is 0.380 bits per heavy atom. The second-order valence-electron chi connectivity index (χ2n) is 13.0. The molecule has 3 aromatic heterocycles. The number of fused-ring (bicyclic) bond motifs is 6. The zero-order valence-corrected chi connectivity index (χ0v) is 27.3. The highest BCUT2D eigenvalue weighted by molar-refractivity contribution is 6.11. The van der Waals surface area contributed by atoms with Gasteiger partial charge in [-0.15, -0.1) is 0 Å². The molecule has 0 saturated heterocycles. The first kappa shape index (κ1) is 28.4. The molecule has 0 N–H and O–H groups in total. The Hall–Kier alpha value is -6.58. The maximum Gasteiger partial charge on any atom is 0.0708 e. The van der Waals surface area contributed by atoms with Crippen LogP contribution in [0.4, 0.5) is 0 Å². The van der Waals surface area contributed by atoms with Gasteiger partial charge in [0.25, 0.3) is 0 Å². The first-order valence-corrected chi connectivity index (χ1v) is 17.1. The van der Waals surface area contributed by atoms with Gasteiger partial charge in [-0.3, -0.25) is 9.97 Å². The van der Waals surface area contributed by atoms with E-state index >= 15 is 0 Å². The van der Waals surface area contributed by atoms with Gasteiger partial charge in [-0.1, -0.05) is 103 Å². The summed E-state index contributed by atoms with van der Waals surface area (Å²) in [6, 6.07) is 59.0. The standard InChI is InChI=1S/C47H31N3/c1-3-13-38(44-16-7-9-25-48-44)36(11-1)33-20-19-31-27-32-21-23-35(30-42(32)41(31)28-33)50-46-18-6-5-15-40(46)43-29-34(22-24-47(43)50)37-12-2-4-14-39(37)45-17-8-10-26-49-45/h1-26,28-30H,27H2. The highest BCUT2D eigenvalue weighted by atomic mass is 15.0. The molecular weight excluding hydrogens is 607 g/mol. The maximum absolute atomic E-state index is 4.67. The van der Waals surface area contributed by atoms with Gasteiger partial charge in [0.15, 0.2) is 0 Å². The van der Waals surface area contributed by atoms with Gasteiger partial charge < -0.3 is 4.57 Å². The van der Waals surface area contributed by atoms with Crippen molar-refractivity contribution in [1.29, 1.82) is 0 Å². The van der Waals surface area contributed by atoms with Crippen LogP contribution in [0.2, 0.25) is 0 Å². The number of para-hydroxylation sites is 1. The van der Waals surface area contributed by atoms with E-state index in [1.165, 1.54) is 72.0 Å². The molecule has 3 heteroatoms. The largest absolute Gasteiger partial charge is 0.309 e. The lowest BCUT2D eigenvalue weighted by Gasteiger charge is -2.13. The summed E-state index contributed by atoms with van der Waals surface area (Å²) in [5.41, 5.74) is 17.9. The predicted octanol–water partition coefficient (Wildman–Crippen LogP) is 11.8. The summed E-state index contributed by atoms with van der Waals surface area (Å²) in [6.45, 7) is 0. The number of nitrogens with zero attached hydrogens (tertiary/aromatic N) is 3. The van der Waals surface area contributed by atoms with E-state index in [1.54, 1.807) is 0 Å². The van der Waals surface area contributed by atoms with Crippen LogP contribution in [0.1, 0.15) is 11.1 Å². The van der Waals surface area contributed by atoms with Crippen LogP contribution < -0.4 is 0 Å². The smallest absolute Gasteiger partial charge is 0.0708 e. The SMILES string of the molecule is c1ccc(-c2ccccc2-c2ccc3c(c2)-c2cc(-n4c5ccccc5c5cc(-c6ccccc6-c6ccccn6)ccc54)ccc2C3)nc1. The molecule has 0 spiro atoms. The lowest BCUT2D eigenvalue weighted by Crippen LogP contribution is -1.95. The fraction of sp³-hybridized carbons (Fsp3) is 0.0213. The Balaban J connectivity index is 1.11. The van der Waals surface area contributed by atoms with Crippen molar-refractivity contribution in [3.8, 4) is 61.6 Å². The average molecular weight is 638 g/mol. The number of rotatable bonds is 5. The van der Waals surface area contributed by atoms with E-state index in [4.69, 9.17) is 0 Å². The van der Waals surface area contributed by atoms with Crippen molar-refractivity contribution < 1.29 is 0 Å². The third-order valence-corrected chi connectivity index (χ3v) is 10.2. The minimum atomic E-state index is 0.944. The van der Waals surface area contributed by atoms with Crippen molar-refractivity contribution in [3.05, 3.63) is 187 Å². The molecule has 0 fully saturated rings. The molecular formula is C47H31N3. The molecule has 10 rings (SSSR count). The van der Waals surface area contributed by atoms with E-state index in [2.05, 4.69) is 160 Å². The summed E-state index contributed by atoms with van der Waals surface area (Å²) in [7, 11) is 0. The highest BCUT2D eigenvalue weighted by Gasteiger charge is 2.22. The molecule has 50 heavy (non-hydrogen) atoms. The van der Waals surface area contributed by atoms with E-state index in [-0.39, 0.29) is 0 Å². The minimum Gasteiger partial charge on any atom is -0.309 e. The Kier molecular flexibility index (Phi) is 6.56.